The van der Waals surface area contributed by atoms with Crippen molar-refractivity contribution in [2.45, 2.75) is 20.3 Å². The van der Waals surface area contributed by atoms with Gasteiger partial charge in [0.05, 0.1) is 0 Å². The smallest absolute Gasteiger partial charge is 0.0400 e. The highest BCUT2D eigenvalue weighted by atomic mass is 79.9. The van der Waals surface area contributed by atoms with Crippen molar-refractivity contribution in [3.63, 3.8) is 0 Å². The second-order valence-electron chi connectivity index (χ2n) is 4.45. The number of halogens is 1. The number of aryl methyl sites for hydroxylation is 2. The van der Waals surface area contributed by atoms with Crippen molar-refractivity contribution in [2.75, 3.05) is 11.9 Å². The highest BCUT2D eigenvalue weighted by Crippen LogP contribution is 2.24. The highest BCUT2D eigenvalue weighted by molar-refractivity contribution is 9.10. The SMILES string of the molecule is Cc1cc(Br)cc(C)c1NCCc1ccncc1. The molecule has 2 nitrogen and oxygen atoms in total. The van der Waals surface area contributed by atoms with Gasteiger partial charge >= 0.3 is 0 Å². The summed E-state index contributed by atoms with van der Waals surface area (Å²) >= 11 is 3.52. The molecule has 2 aromatic rings. The van der Waals surface area contributed by atoms with Crippen LogP contribution in [0.5, 0.6) is 0 Å². The molecular weight excluding hydrogens is 288 g/mol. The summed E-state index contributed by atoms with van der Waals surface area (Å²) in [6.07, 6.45) is 4.69. The molecule has 1 N–H and O–H groups in total. The summed E-state index contributed by atoms with van der Waals surface area (Å²) in [6.45, 7) is 5.20. The quantitative estimate of drug-likeness (QED) is 0.919. The average Bonchev–Trinajstić information content (AvgIpc) is 2.34. The van der Waals surface area contributed by atoms with E-state index in [-0.39, 0.29) is 0 Å². The van der Waals surface area contributed by atoms with Gasteiger partial charge in [0.25, 0.3) is 0 Å². The first-order valence-electron chi connectivity index (χ1n) is 6.06. The van der Waals surface area contributed by atoms with E-state index in [1.54, 1.807) is 0 Å². The Morgan fingerprint density at radius 2 is 1.72 bits per heavy atom. The van der Waals surface area contributed by atoms with Crippen molar-refractivity contribution >= 4 is 21.6 Å². The molecule has 0 bridgehead atoms. The van der Waals surface area contributed by atoms with Crippen LogP contribution in [-0.2, 0) is 6.42 Å². The molecule has 2 rings (SSSR count). The maximum Gasteiger partial charge on any atom is 0.0400 e. The molecule has 94 valence electrons. The lowest BCUT2D eigenvalue weighted by molar-refractivity contribution is 1.01. The Morgan fingerprint density at radius 1 is 1.11 bits per heavy atom. The predicted molar refractivity (Wildman–Crippen MR) is 80.0 cm³/mol. The van der Waals surface area contributed by atoms with Gasteiger partial charge in [-0.05, 0) is 61.2 Å². The molecule has 3 heteroatoms. The first-order valence-corrected chi connectivity index (χ1v) is 6.85. The second kappa shape index (κ2) is 6.01. The third-order valence-corrected chi connectivity index (χ3v) is 3.42. The Bertz CT molecular complexity index is 500. The van der Waals surface area contributed by atoms with Crippen molar-refractivity contribution in [1.82, 2.24) is 4.98 Å². The Kier molecular flexibility index (Phi) is 4.37. The zero-order valence-corrected chi connectivity index (χ0v) is 12.3. The maximum absolute atomic E-state index is 4.02. The van der Waals surface area contributed by atoms with Gasteiger partial charge in [0.2, 0.25) is 0 Å². The van der Waals surface area contributed by atoms with E-state index in [1.165, 1.54) is 22.4 Å². The van der Waals surface area contributed by atoms with E-state index >= 15 is 0 Å². The van der Waals surface area contributed by atoms with Gasteiger partial charge in [-0.25, -0.2) is 0 Å². The zero-order valence-electron chi connectivity index (χ0n) is 10.7. The maximum atomic E-state index is 4.02. The number of hydrogen-bond donors (Lipinski definition) is 1. The molecule has 1 aromatic heterocycles. The van der Waals surface area contributed by atoms with E-state index in [0.717, 1.165) is 17.4 Å². The zero-order chi connectivity index (χ0) is 13.0. The van der Waals surface area contributed by atoms with Crippen molar-refractivity contribution in [3.8, 4) is 0 Å². The fourth-order valence-electron chi connectivity index (χ4n) is 2.07. The van der Waals surface area contributed by atoms with Crippen molar-refractivity contribution in [3.05, 3.63) is 57.8 Å². The fourth-order valence-corrected chi connectivity index (χ4v) is 2.76. The number of anilines is 1. The Hall–Kier alpha value is -1.35. The first kappa shape index (κ1) is 13.1. The van der Waals surface area contributed by atoms with Gasteiger partial charge < -0.3 is 5.32 Å². The Balaban J connectivity index is 1.99. The number of pyridine rings is 1. The fraction of sp³-hybridized carbons (Fsp3) is 0.267. The minimum Gasteiger partial charge on any atom is -0.384 e. The van der Waals surface area contributed by atoms with Crippen LogP contribution in [0.2, 0.25) is 0 Å². The molecule has 0 atom stereocenters. The van der Waals surface area contributed by atoms with Crippen LogP contribution in [0.15, 0.2) is 41.1 Å². The lowest BCUT2D eigenvalue weighted by Crippen LogP contribution is -2.07. The molecule has 0 fully saturated rings. The van der Waals surface area contributed by atoms with E-state index in [0.29, 0.717) is 0 Å². The van der Waals surface area contributed by atoms with Gasteiger partial charge in [-0.1, -0.05) is 15.9 Å². The van der Waals surface area contributed by atoms with Crippen LogP contribution >= 0.6 is 15.9 Å². The van der Waals surface area contributed by atoms with Crippen molar-refractivity contribution < 1.29 is 0 Å². The summed E-state index contributed by atoms with van der Waals surface area (Å²) in [5.74, 6) is 0. The Morgan fingerprint density at radius 3 is 2.33 bits per heavy atom. The lowest BCUT2D eigenvalue weighted by atomic mass is 10.1. The third-order valence-electron chi connectivity index (χ3n) is 2.96. The van der Waals surface area contributed by atoms with Crippen LogP contribution in [-0.4, -0.2) is 11.5 Å². The largest absolute Gasteiger partial charge is 0.384 e. The van der Waals surface area contributed by atoms with E-state index in [1.807, 2.05) is 12.4 Å². The van der Waals surface area contributed by atoms with Gasteiger partial charge in [-0.2, -0.15) is 0 Å². The number of hydrogen-bond acceptors (Lipinski definition) is 2. The molecule has 0 amide bonds. The highest BCUT2D eigenvalue weighted by Gasteiger charge is 2.03. The summed E-state index contributed by atoms with van der Waals surface area (Å²) < 4.78 is 1.14. The molecule has 0 aliphatic carbocycles. The monoisotopic (exact) mass is 304 g/mol. The molecule has 0 unspecified atom stereocenters. The molecule has 18 heavy (non-hydrogen) atoms. The second-order valence-corrected chi connectivity index (χ2v) is 5.36. The summed E-state index contributed by atoms with van der Waals surface area (Å²) in [5, 5.41) is 3.52. The first-order chi connectivity index (χ1) is 8.66. The van der Waals surface area contributed by atoms with E-state index in [9.17, 15) is 0 Å². The molecule has 0 aliphatic rings. The summed E-state index contributed by atoms with van der Waals surface area (Å²) in [4.78, 5) is 4.02. The van der Waals surface area contributed by atoms with Crippen LogP contribution in [0.1, 0.15) is 16.7 Å². The molecule has 0 spiro atoms. The average molecular weight is 305 g/mol. The van der Waals surface area contributed by atoms with Gasteiger partial charge in [0, 0.05) is 29.1 Å². The minimum absolute atomic E-state index is 0.938. The number of nitrogens with zero attached hydrogens (tertiary/aromatic N) is 1. The molecule has 0 saturated carbocycles. The van der Waals surface area contributed by atoms with Gasteiger partial charge in [0.15, 0.2) is 0 Å². The standard InChI is InChI=1S/C15H17BrN2/c1-11-9-14(16)10-12(2)15(11)18-8-5-13-3-6-17-7-4-13/h3-4,6-7,9-10,18H,5,8H2,1-2H3. The number of aromatic nitrogens is 1. The van der Waals surface area contributed by atoms with Gasteiger partial charge in [-0.15, -0.1) is 0 Å². The molecule has 0 saturated heterocycles. The molecule has 1 aromatic carbocycles. The van der Waals surface area contributed by atoms with Crippen LogP contribution in [0.25, 0.3) is 0 Å². The van der Waals surface area contributed by atoms with Crippen LogP contribution < -0.4 is 5.32 Å². The Labute approximate surface area is 117 Å². The number of benzene rings is 1. The van der Waals surface area contributed by atoms with Gasteiger partial charge in [0.1, 0.15) is 0 Å². The van der Waals surface area contributed by atoms with Crippen LogP contribution in [0.3, 0.4) is 0 Å². The summed E-state index contributed by atoms with van der Waals surface area (Å²) in [5.41, 5.74) is 5.10. The number of nitrogens with one attached hydrogen (secondary N) is 1. The van der Waals surface area contributed by atoms with Crippen LogP contribution in [0.4, 0.5) is 5.69 Å². The van der Waals surface area contributed by atoms with Crippen molar-refractivity contribution in [1.29, 1.82) is 0 Å². The lowest BCUT2D eigenvalue weighted by Gasteiger charge is -2.13. The normalized spacial score (nSPS) is 10.4. The topological polar surface area (TPSA) is 24.9 Å². The third kappa shape index (κ3) is 3.33. The van der Waals surface area contributed by atoms with E-state index in [4.69, 9.17) is 0 Å². The minimum atomic E-state index is 0.938. The van der Waals surface area contributed by atoms with E-state index < -0.39 is 0 Å². The summed E-state index contributed by atoms with van der Waals surface area (Å²) in [6, 6.07) is 8.40. The predicted octanol–water partition coefficient (Wildman–Crippen LogP) is 4.12. The summed E-state index contributed by atoms with van der Waals surface area (Å²) in [7, 11) is 0. The van der Waals surface area contributed by atoms with Crippen molar-refractivity contribution in [2.24, 2.45) is 0 Å². The molecule has 0 aliphatic heterocycles. The molecule has 0 radical (unpaired) electrons. The van der Waals surface area contributed by atoms with E-state index in [2.05, 4.69) is 64.3 Å². The number of rotatable bonds is 4. The molecular formula is C15H17BrN2. The molecule has 1 heterocycles. The van der Waals surface area contributed by atoms with Gasteiger partial charge in [-0.3, -0.25) is 4.98 Å². The van der Waals surface area contributed by atoms with Crippen LogP contribution in [0, 0.1) is 13.8 Å².